The van der Waals surface area contributed by atoms with Crippen molar-refractivity contribution in [3.05, 3.63) is 39.9 Å². The van der Waals surface area contributed by atoms with E-state index >= 15 is 0 Å². The van der Waals surface area contributed by atoms with Gasteiger partial charge in [-0.3, -0.25) is 0 Å². The highest BCUT2D eigenvalue weighted by atomic mass is 79.9. The Morgan fingerprint density at radius 3 is 2.80 bits per heavy atom. The summed E-state index contributed by atoms with van der Waals surface area (Å²) in [7, 11) is 0. The molecule has 1 aliphatic rings. The van der Waals surface area contributed by atoms with Crippen molar-refractivity contribution in [3.8, 4) is 0 Å². The third-order valence-electron chi connectivity index (χ3n) is 3.13. The maximum Gasteiger partial charge on any atom is 0.0253 e. The number of hydrogen-bond donors (Lipinski definition) is 1. The smallest absolute Gasteiger partial charge is 0.0253 e. The Kier molecular flexibility index (Phi) is 2.73. The lowest BCUT2D eigenvalue weighted by Gasteiger charge is -2.26. The summed E-state index contributed by atoms with van der Waals surface area (Å²) in [4.78, 5) is 0. The van der Waals surface area contributed by atoms with Gasteiger partial charge in [0.25, 0.3) is 0 Å². The van der Waals surface area contributed by atoms with Crippen LogP contribution in [0.2, 0.25) is 0 Å². The molecule has 1 aliphatic carbocycles. The van der Waals surface area contributed by atoms with Gasteiger partial charge in [0.05, 0.1) is 0 Å². The standard InChI is InChI=1S/C13H16BrN/c1-13(2,8-15)10-7-6-9-4-3-5-11(14)12(9)10/h3-5,7H,6,8,15H2,1-2H3. The lowest BCUT2D eigenvalue weighted by atomic mass is 9.81. The van der Waals surface area contributed by atoms with Gasteiger partial charge < -0.3 is 5.73 Å². The van der Waals surface area contributed by atoms with Crippen LogP contribution >= 0.6 is 15.9 Å². The summed E-state index contributed by atoms with van der Waals surface area (Å²) < 4.78 is 1.19. The highest BCUT2D eigenvalue weighted by molar-refractivity contribution is 9.10. The second kappa shape index (κ2) is 3.76. The Morgan fingerprint density at radius 2 is 2.13 bits per heavy atom. The van der Waals surface area contributed by atoms with E-state index in [0.717, 1.165) is 6.42 Å². The Labute approximate surface area is 99.5 Å². The Morgan fingerprint density at radius 1 is 1.40 bits per heavy atom. The van der Waals surface area contributed by atoms with Gasteiger partial charge in [-0.05, 0) is 29.2 Å². The van der Waals surface area contributed by atoms with E-state index < -0.39 is 0 Å². The quantitative estimate of drug-likeness (QED) is 0.872. The molecular formula is C13H16BrN. The molecule has 2 N–H and O–H groups in total. The van der Waals surface area contributed by atoms with Crippen molar-refractivity contribution < 1.29 is 0 Å². The predicted octanol–water partition coefficient (Wildman–Crippen LogP) is 3.37. The van der Waals surface area contributed by atoms with Crippen LogP contribution in [0.5, 0.6) is 0 Å². The minimum absolute atomic E-state index is 0.0646. The van der Waals surface area contributed by atoms with Gasteiger partial charge in [0.15, 0.2) is 0 Å². The molecule has 0 amide bonds. The molecule has 0 unspecified atom stereocenters. The first-order valence-corrected chi connectivity index (χ1v) is 6.04. The van der Waals surface area contributed by atoms with Crippen LogP contribution in [0.1, 0.15) is 25.0 Å². The number of hydrogen-bond acceptors (Lipinski definition) is 1. The summed E-state index contributed by atoms with van der Waals surface area (Å²) in [6.45, 7) is 5.08. The Hall–Kier alpha value is -0.600. The third kappa shape index (κ3) is 1.77. The molecule has 0 aromatic heterocycles. The molecule has 0 atom stereocenters. The van der Waals surface area contributed by atoms with Crippen molar-refractivity contribution in [2.75, 3.05) is 6.54 Å². The molecule has 0 bridgehead atoms. The van der Waals surface area contributed by atoms with Gasteiger partial charge in [-0.2, -0.15) is 0 Å². The van der Waals surface area contributed by atoms with Crippen LogP contribution in [0.25, 0.3) is 5.57 Å². The maximum absolute atomic E-state index is 5.84. The molecule has 2 heteroatoms. The first kappa shape index (κ1) is 10.9. The minimum atomic E-state index is 0.0646. The van der Waals surface area contributed by atoms with E-state index in [2.05, 4.69) is 54.1 Å². The number of nitrogens with two attached hydrogens (primary N) is 1. The van der Waals surface area contributed by atoms with Crippen molar-refractivity contribution in [2.24, 2.45) is 11.1 Å². The normalized spacial score (nSPS) is 15.1. The Balaban J connectivity index is 2.51. The number of halogens is 1. The van der Waals surface area contributed by atoms with Crippen LogP contribution in [0.15, 0.2) is 28.7 Å². The van der Waals surface area contributed by atoms with Crippen molar-refractivity contribution in [2.45, 2.75) is 20.3 Å². The summed E-state index contributed by atoms with van der Waals surface area (Å²) in [6, 6.07) is 6.38. The topological polar surface area (TPSA) is 26.0 Å². The first-order chi connectivity index (χ1) is 7.06. The Bertz CT molecular complexity index is 419. The second-order valence-electron chi connectivity index (χ2n) is 4.68. The molecule has 0 spiro atoms. The molecule has 1 aromatic carbocycles. The van der Waals surface area contributed by atoms with E-state index in [1.807, 2.05) is 0 Å². The van der Waals surface area contributed by atoms with E-state index in [1.54, 1.807) is 0 Å². The summed E-state index contributed by atoms with van der Waals surface area (Å²) >= 11 is 3.63. The molecule has 0 saturated carbocycles. The average Bonchev–Trinajstić information content (AvgIpc) is 2.63. The SMILES string of the molecule is CC(C)(CN)C1=CCc2cccc(Br)c21. The fourth-order valence-electron chi connectivity index (χ4n) is 2.08. The summed E-state index contributed by atoms with van der Waals surface area (Å²) in [5, 5.41) is 0. The molecule has 0 heterocycles. The second-order valence-corrected chi connectivity index (χ2v) is 5.54. The maximum atomic E-state index is 5.84. The third-order valence-corrected chi connectivity index (χ3v) is 3.80. The van der Waals surface area contributed by atoms with Crippen molar-refractivity contribution in [3.63, 3.8) is 0 Å². The molecule has 0 radical (unpaired) electrons. The van der Waals surface area contributed by atoms with Crippen LogP contribution in [0.3, 0.4) is 0 Å². The summed E-state index contributed by atoms with van der Waals surface area (Å²) in [5.41, 5.74) is 10.0. The molecule has 1 nitrogen and oxygen atoms in total. The summed E-state index contributed by atoms with van der Waals surface area (Å²) in [5.74, 6) is 0. The van der Waals surface area contributed by atoms with Crippen LogP contribution in [-0.2, 0) is 6.42 Å². The fourth-order valence-corrected chi connectivity index (χ4v) is 2.70. The predicted molar refractivity (Wildman–Crippen MR) is 68.7 cm³/mol. The van der Waals surface area contributed by atoms with Crippen LogP contribution < -0.4 is 5.73 Å². The number of allylic oxidation sites excluding steroid dienone is 1. The molecule has 2 rings (SSSR count). The van der Waals surface area contributed by atoms with E-state index in [4.69, 9.17) is 5.73 Å². The van der Waals surface area contributed by atoms with Gasteiger partial charge in [-0.25, -0.2) is 0 Å². The van der Waals surface area contributed by atoms with Gasteiger partial charge in [0.2, 0.25) is 0 Å². The van der Waals surface area contributed by atoms with Crippen LogP contribution in [-0.4, -0.2) is 6.54 Å². The van der Waals surface area contributed by atoms with E-state index in [-0.39, 0.29) is 5.41 Å². The minimum Gasteiger partial charge on any atom is -0.330 e. The molecule has 0 fully saturated rings. The number of fused-ring (bicyclic) bond motifs is 1. The molecular weight excluding hydrogens is 250 g/mol. The molecule has 15 heavy (non-hydrogen) atoms. The molecule has 0 saturated heterocycles. The van der Waals surface area contributed by atoms with Crippen LogP contribution in [0.4, 0.5) is 0 Å². The van der Waals surface area contributed by atoms with E-state index in [9.17, 15) is 0 Å². The number of rotatable bonds is 2. The lowest BCUT2D eigenvalue weighted by molar-refractivity contribution is 0.516. The van der Waals surface area contributed by atoms with E-state index in [0.29, 0.717) is 6.54 Å². The summed E-state index contributed by atoms with van der Waals surface area (Å²) in [6.07, 6.45) is 3.34. The van der Waals surface area contributed by atoms with Crippen molar-refractivity contribution in [1.29, 1.82) is 0 Å². The van der Waals surface area contributed by atoms with Gasteiger partial charge in [-0.15, -0.1) is 0 Å². The van der Waals surface area contributed by atoms with Crippen molar-refractivity contribution in [1.82, 2.24) is 0 Å². The lowest BCUT2D eigenvalue weighted by Crippen LogP contribution is -2.24. The molecule has 1 aromatic rings. The zero-order valence-corrected chi connectivity index (χ0v) is 10.8. The van der Waals surface area contributed by atoms with Gasteiger partial charge in [0, 0.05) is 16.4 Å². The zero-order chi connectivity index (χ0) is 11.1. The highest BCUT2D eigenvalue weighted by Crippen LogP contribution is 2.43. The van der Waals surface area contributed by atoms with Gasteiger partial charge in [-0.1, -0.05) is 48.0 Å². The van der Waals surface area contributed by atoms with Crippen molar-refractivity contribution >= 4 is 21.5 Å². The van der Waals surface area contributed by atoms with Crippen LogP contribution in [0, 0.1) is 5.41 Å². The van der Waals surface area contributed by atoms with Gasteiger partial charge >= 0.3 is 0 Å². The highest BCUT2D eigenvalue weighted by Gasteiger charge is 2.28. The first-order valence-electron chi connectivity index (χ1n) is 5.25. The average molecular weight is 266 g/mol. The molecule has 0 aliphatic heterocycles. The molecule has 80 valence electrons. The monoisotopic (exact) mass is 265 g/mol. The van der Waals surface area contributed by atoms with E-state index in [1.165, 1.54) is 21.2 Å². The zero-order valence-electron chi connectivity index (χ0n) is 9.18. The van der Waals surface area contributed by atoms with Gasteiger partial charge in [0.1, 0.15) is 0 Å². The number of benzene rings is 1. The largest absolute Gasteiger partial charge is 0.330 e. The fraction of sp³-hybridized carbons (Fsp3) is 0.385.